The average molecular weight is 457 g/mol. The number of aromatic nitrogens is 1. The highest BCUT2D eigenvalue weighted by molar-refractivity contribution is 6.30. The molecule has 1 aromatic carbocycles. The lowest BCUT2D eigenvalue weighted by Crippen LogP contribution is -2.32. The Balaban J connectivity index is 1.19. The number of nitrogens with zero attached hydrogens (tertiary/aromatic N) is 2. The van der Waals surface area contributed by atoms with Crippen molar-refractivity contribution in [1.82, 2.24) is 15.4 Å². The summed E-state index contributed by atoms with van der Waals surface area (Å²) in [4.78, 5) is 24.1. The zero-order valence-corrected chi connectivity index (χ0v) is 18.8. The first-order valence-electron chi connectivity index (χ1n) is 11.1. The average Bonchev–Trinajstić information content (AvgIpc) is 3.26. The summed E-state index contributed by atoms with van der Waals surface area (Å²) < 4.78 is 5.41. The van der Waals surface area contributed by atoms with Crippen LogP contribution in [0.2, 0.25) is 5.02 Å². The highest BCUT2D eigenvalue weighted by atomic mass is 35.5. The molecule has 2 aliphatic rings. The monoisotopic (exact) mass is 456 g/mol. The molecule has 1 aromatic heterocycles. The van der Waals surface area contributed by atoms with Crippen LogP contribution in [-0.4, -0.2) is 47.8 Å². The Bertz CT molecular complexity index is 898. The van der Waals surface area contributed by atoms with Crippen LogP contribution in [0.1, 0.15) is 36.8 Å². The van der Waals surface area contributed by atoms with Crippen LogP contribution in [0.4, 0.5) is 5.82 Å². The maximum absolute atomic E-state index is 11.9. The van der Waals surface area contributed by atoms with Gasteiger partial charge in [-0.3, -0.25) is 9.69 Å². The van der Waals surface area contributed by atoms with E-state index in [1.165, 1.54) is 11.6 Å². The molecule has 8 heteroatoms. The number of hydrogen-bond donors (Lipinski definition) is 2. The third-order valence-corrected chi connectivity index (χ3v) is 5.84. The Morgan fingerprint density at radius 1 is 1.22 bits per heavy atom. The van der Waals surface area contributed by atoms with E-state index in [2.05, 4.69) is 32.8 Å². The zero-order valence-electron chi connectivity index (χ0n) is 18.0. The topological polar surface area (TPSA) is 75.7 Å². The fraction of sp³-hybridized carbons (Fsp3) is 0.417. The van der Waals surface area contributed by atoms with E-state index in [9.17, 15) is 4.79 Å². The van der Waals surface area contributed by atoms with Crippen molar-refractivity contribution in [1.29, 1.82) is 0 Å². The first kappa shape index (κ1) is 22.7. The SMILES string of the molecule is O=C(/C=C/c1ccc(N[C@@H]2CCN(Cc3ccc(Cl)cc3)C2)nc1)NOC1CCCCO1. The highest BCUT2D eigenvalue weighted by Gasteiger charge is 2.22. The van der Waals surface area contributed by atoms with Gasteiger partial charge >= 0.3 is 0 Å². The normalized spacial score (nSPS) is 21.7. The Labute approximate surface area is 193 Å². The summed E-state index contributed by atoms with van der Waals surface area (Å²) in [6.07, 6.45) is 8.48. The summed E-state index contributed by atoms with van der Waals surface area (Å²) in [5.41, 5.74) is 4.52. The molecule has 3 heterocycles. The van der Waals surface area contributed by atoms with Crippen molar-refractivity contribution in [3.8, 4) is 0 Å². The highest BCUT2D eigenvalue weighted by Crippen LogP contribution is 2.18. The molecule has 1 unspecified atom stereocenters. The number of ether oxygens (including phenoxy) is 1. The van der Waals surface area contributed by atoms with Gasteiger partial charge in [0.05, 0.1) is 0 Å². The van der Waals surface area contributed by atoms with Crippen molar-refractivity contribution in [2.45, 2.75) is 44.6 Å². The molecular weight excluding hydrogens is 428 g/mol. The molecule has 1 amide bonds. The number of amides is 1. The zero-order chi connectivity index (χ0) is 22.2. The lowest BCUT2D eigenvalue weighted by molar-refractivity contribution is -0.198. The van der Waals surface area contributed by atoms with Crippen LogP contribution < -0.4 is 10.8 Å². The summed E-state index contributed by atoms with van der Waals surface area (Å²) in [6, 6.07) is 12.3. The van der Waals surface area contributed by atoms with Crippen molar-refractivity contribution in [2.24, 2.45) is 0 Å². The standard InChI is InChI=1S/C24H29ClN4O3/c25-20-8-4-19(5-9-20)16-29-13-12-21(17-29)27-22-10-6-18(15-26-22)7-11-23(30)28-32-24-3-1-2-14-31-24/h4-11,15,21,24H,1-3,12-14,16-17H2,(H,26,27)(H,28,30)/b11-7+/t21-,24?/m1/s1. The number of anilines is 1. The maximum Gasteiger partial charge on any atom is 0.267 e. The molecule has 2 aliphatic heterocycles. The largest absolute Gasteiger partial charge is 0.366 e. The van der Waals surface area contributed by atoms with Gasteiger partial charge in [-0.25, -0.2) is 15.3 Å². The second kappa shape index (κ2) is 11.4. The van der Waals surface area contributed by atoms with Gasteiger partial charge in [-0.2, -0.15) is 0 Å². The molecule has 170 valence electrons. The van der Waals surface area contributed by atoms with E-state index in [0.29, 0.717) is 12.6 Å². The Morgan fingerprint density at radius 2 is 2.09 bits per heavy atom. The number of carbonyl (C=O) groups is 1. The molecule has 2 aromatic rings. The molecule has 0 spiro atoms. The third-order valence-electron chi connectivity index (χ3n) is 5.59. The van der Waals surface area contributed by atoms with Gasteiger partial charge < -0.3 is 10.1 Å². The number of hydrogen-bond acceptors (Lipinski definition) is 6. The minimum absolute atomic E-state index is 0.326. The predicted molar refractivity (Wildman–Crippen MR) is 125 cm³/mol. The molecule has 7 nitrogen and oxygen atoms in total. The number of benzene rings is 1. The fourth-order valence-corrected chi connectivity index (χ4v) is 4.00. The molecule has 2 N–H and O–H groups in total. The molecule has 32 heavy (non-hydrogen) atoms. The van der Waals surface area contributed by atoms with Crippen molar-refractivity contribution in [3.05, 3.63) is 64.8 Å². The second-order valence-electron chi connectivity index (χ2n) is 8.18. The minimum atomic E-state index is -0.356. The molecule has 0 bridgehead atoms. The number of pyridine rings is 1. The van der Waals surface area contributed by atoms with Gasteiger partial charge in [0.2, 0.25) is 0 Å². The molecule has 0 radical (unpaired) electrons. The van der Waals surface area contributed by atoms with Crippen molar-refractivity contribution in [2.75, 3.05) is 25.0 Å². The van der Waals surface area contributed by atoms with Gasteiger partial charge in [-0.1, -0.05) is 23.7 Å². The first-order chi connectivity index (χ1) is 15.6. The van der Waals surface area contributed by atoms with Gasteiger partial charge in [-0.05, 0) is 60.7 Å². The Kier molecular flexibility index (Phi) is 8.12. The van der Waals surface area contributed by atoms with Gasteiger partial charge in [0.1, 0.15) is 5.82 Å². The van der Waals surface area contributed by atoms with Crippen molar-refractivity contribution < 1.29 is 14.4 Å². The summed E-state index contributed by atoms with van der Waals surface area (Å²) in [7, 11) is 0. The molecule has 0 saturated carbocycles. The van der Waals surface area contributed by atoms with Crippen LogP contribution in [0, 0.1) is 0 Å². The number of likely N-dealkylation sites (tertiary alicyclic amines) is 1. The lowest BCUT2D eigenvalue weighted by atomic mass is 10.2. The molecule has 2 saturated heterocycles. The summed E-state index contributed by atoms with van der Waals surface area (Å²) >= 11 is 5.97. The van der Waals surface area contributed by atoms with E-state index >= 15 is 0 Å². The summed E-state index contributed by atoms with van der Waals surface area (Å²) in [5, 5.41) is 4.27. The molecule has 2 fully saturated rings. The van der Waals surface area contributed by atoms with Gasteiger partial charge in [0.25, 0.3) is 5.91 Å². The quantitative estimate of drug-likeness (QED) is 0.461. The van der Waals surface area contributed by atoms with Crippen LogP contribution >= 0.6 is 11.6 Å². The number of nitrogens with one attached hydrogen (secondary N) is 2. The third kappa shape index (κ3) is 7.03. The number of carbonyl (C=O) groups excluding carboxylic acids is 1. The van der Waals surface area contributed by atoms with E-state index in [1.54, 1.807) is 12.3 Å². The lowest BCUT2D eigenvalue weighted by Gasteiger charge is -2.21. The minimum Gasteiger partial charge on any atom is -0.366 e. The molecule has 0 aliphatic carbocycles. The predicted octanol–water partition coefficient (Wildman–Crippen LogP) is 4.01. The molecule has 2 atom stereocenters. The molecule has 4 rings (SSSR count). The number of rotatable bonds is 8. The van der Waals surface area contributed by atoms with Crippen LogP contribution in [-0.2, 0) is 20.9 Å². The van der Waals surface area contributed by atoms with Crippen molar-refractivity contribution in [3.63, 3.8) is 0 Å². The van der Waals surface area contributed by atoms with Crippen LogP contribution in [0.3, 0.4) is 0 Å². The van der Waals surface area contributed by atoms with Gasteiger partial charge in [-0.15, -0.1) is 0 Å². The van der Waals surface area contributed by atoms with Crippen LogP contribution in [0.25, 0.3) is 6.08 Å². The van der Waals surface area contributed by atoms with Gasteiger partial charge in [0.15, 0.2) is 6.29 Å². The van der Waals surface area contributed by atoms with E-state index in [1.807, 2.05) is 24.3 Å². The van der Waals surface area contributed by atoms with E-state index < -0.39 is 0 Å². The second-order valence-corrected chi connectivity index (χ2v) is 8.62. The first-order valence-corrected chi connectivity index (χ1v) is 11.5. The Hall–Kier alpha value is -2.45. The van der Waals surface area contributed by atoms with Gasteiger partial charge in [0, 0.05) is 56.0 Å². The number of halogens is 1. The van der Waals surface area contributed by atoms with Crippen LogP contribution in [0.15, 0.2) is 48.7 Å². The number of hydroxylamine groups is 1. The van der Waals surface area contributed by atoms with E-state index in [4.69, 9.17) is 21.2 Å². The van der Waals surface area contributed by atoms with Crippen molar-refractivity contribution >= 4 is 29.4 Å². The van der Waals surface area contributed by atoms with Crippen LogP contribution in [0.5, 0.6) is 0 Å². The van der Waals surface area contributed by atoms with E-state index in [-0.39, 0.29) is 12.2 Å². The van der Waals surface area contributed by atoms with E-state index in [0.717, 1.165) is 61.7 Å². The Morgan fingerprint density at radius 3 is 2.84 bits per heavy atom. The molecular formula is C24H29ClN4O3. The smallest absolute Gasteiger partial charge is 0.267 e. The summed E-state index contributed by atoms with van der Waals surface area (Å²) in [6.45, 7) is 3.61. The fourth-order valence-electron chi connectivity index (χ4n) is 3.87. The summed E-state index contributed by atoms with van der Waals surface area (Å²) in [5.74, 6) is 0.510. The maximum atomic E-state index is 11.9.